The van der Waals surface area contributed by atoms with Gasteiger partial charge >= 0.3 is 0 Å². The van der Waals surface area contributed by atoms with Gasteiger partial charge in [-0.25, -0.2) is 4.98 Å². The van der Waals surface area contributed by atoms with E-state index in [0.717, 1.165) is 33.9 Å². The number of amides is 1. The maximum absolute atomic E-state index is 12.2. The lowest BCUT2D eigenvalue weighted by molar-refractivity contribution is -0.124. The van der Waals surface area contributed by atoms with E-state index < -0.39 is 0 Å². The SMILES string of the molecule is CCC(NC(=O)C(C)C)c1nc2ccccc2n1Cc1ccc(Cl)cc1. The first-order chi connectivity index (χ1) is 12.5. The van der Waals surface area contributed by atoms with Crippen LogP contribution in [0.4, 0.5) is 0 Å². The Morgan fingerprint density at radius 2 is 1.85 bits per heavy atom. The van der Waals surface area contributed by atoms with Crippen molar-refractivity contribution in [2.75, 3.05) is 0 Å². The topological polar surface area (TPSA) is 46.9 Å². The average Bonchev–Trinajstić information content (AvgIpc) is 2.99. The second-order valence-electron chi connectivity index (χ2n) is 6.80. The van der Waals surface area contributed by atoms with Crippen LogP contribution >= 0.6 is 11.6 Å². The fourth-order valence-corrected chi connectivity index (χ4v) is 3.11. The Balaban J connectivity index is 2.03. The van der Waals surface area contributed by atoms with Gasteiger partial charge in [-0.15, -0.1) is 0 Å². The quantitative estimate of drug-likeness (QED) is 0.667. The number of nitrogens with zero attached hydrogens (tertiary/aromatic N) is 2. The van der Waals surface area contributed by atoms with Crippen molar-refractivity contribution in [3.05, 3.63) is 64.9 Å². The standard InChI is InChI=1S/C21H24ClN3O/c1-4-17(24-21(26)14(2)3)20-23-18-7-5-6-8-19(18)25(20)13-15-9-11-16(22)12-10-15/h5-12,14,17H,4,13H2,1-3H3,(H,24,26). The zero-order valence-electron chi connectivity index (χ0n) is 15.4. The van der Waals surface area contributed by atoms with E-state index in [9.17, 15) is 4.79 Å². The summed E-state index contributed by atoms with van der Waals surface area (Å²) in [6.45, 7) is 6.55. The minimum absolute atomic E-state index is 0.0435. The van der Waals surface area contributed by atoms with Crippen LogP contribution in [0, 0.1) is 5.92 Å². The molecule has 3 aromatic rings. The first-order valence-corrected chi connectivity index (χ1v) is 9.37. The van der Waals surface area contributed by atoms with Crippen molar-refractivity contribution >= 4 is 28.5 Å². The Bertz CT molecular complexity index is 899. The number of hydrogen-bond donors (Lipinski definition) is 1. The Labute approximate surface area is 159 Å². The van der Waals surface area contributed by atoms with Gasteiger partial charge < -0.3 is 9.88 Å². The number of carbonyl (C=O) groups excluding carboxylic acids is 1. The van der Waals surface area contributed by atoms with E-state index >= 15 is 0 Å². The minimum atomic E-state index is -0.121. The van der Waals surface area contributed by atoms with Crippen molar-refractivity contribution in [2.24, 2.45) is 5.92 Å². The van der Waals surface area contributed by atoms with Crippen molar-refractivity contribution in [2.45, 2.75) is 39.8 Å². The van der Waals surface area contributed by atoms with Gasteiger partial charge in [-0.05, 0) is 36.2 Å². The highest BCUT2D eigenvalue weighted by molar-refractivity contribution is 6.30. The molecule has 1 aromatic heterocycles. The number of rotatable bonds is 6. The first kappa shape index (κ1) is 18.5. The monoisotopic (exact) mass is 369 g/mol. The lowest BCUT2D eigenvalue weighted by atomic mass is 10.1. The molecule has 0 saturated heterocycles. The smallest absolute Gasteiger partial charge is 0.223 e. The maximum atomic E-state index is 12.2. The number of halogens is 1. The third-order valence-electron chi connectivity index (χ3n) is 4.50. The summed E-state index contributed by atoms with van der Waals surface area (Å²) in [6, 6.07) is 15.8. The van der Waals surface area contributed by atoms with Gasteiger partial charge in [0.05, 0.1) is 17.1 Å². The summed E-state index contributed by atoms with van der Waals surface area (Å²) in [4.78, 5) is 17.1. The van der Waals surface area contributed by atoms with Gasteiger partial charge in [0.2, 0.25) is 5.91 Å². The highest BCUT2D eigenvalue weighted by Gasteiger charge is 2.21. The zero-order chi connectivity index (χ0) is 18.7. The van der Waals surface area contributed by atoms with Crippen LogP contribution in [0.2, 0.25) is 5.02 Å². The van der Waals surface area contributed by atoms with Crippen LogP contribution in [0.15, 0.2) is 48.5 Å². The van der Waals surface area contributed by atoms with Gasteiger partial charge in [0, 0.05) is 17.5 Å². The molecule has 0 radical (unpaired) electrons. The molecule has 1 N–H and O–H groups in total. The number of aromatic nitrogens is 2. The Morgan fingerprint density at radius 3 is 2.50 bits per heavy atom. The molecule has 3 rings (SSSR count). The van der Waals surface area contributed by atoms with Crippen LogP contribution in [0.3, 0.4) is 0 Å². The lowest BCUT2D eigenvalue weighted by Gasteiger charge is -2.20. The third kappa shape index (κ3) is 3.91. The van der Waals surface area contributed by atoms with Gasteiger partial charge in [-0.1, -0.05) is 56.6 Å². The second-order valence-corrected chi connectivity index (χ2v) is 7.23. The molecule has 4 nitrogen and oxygen atoms in total. The second kappa shape index (κ2) is 7.92. The molecular formula is C21H24ClN3O. The summed E-state index contributed by atoms with van der Waals surface area (Å²) >= 11 is 6.01. The number of hydrogen-bond acceptors (Lipinski definition) is 2. The van der Waals surface area contributed by atoms with Crippen LogP contribution < -0.4 is 5.32 Å². The average molecular weight is 370 g/mol. The van der Waals surface area contributed by atoms with E-state index in [4.69, 9.17) is 16.6 Å². The van der Waals surface area contributed by atoms with Gasteiger partial charge in [-0.3, -0.25) is 4.79 Å². The number of carbonyl (C=O) groups is 1. The van der Waals surface area contributed by atoms with E-state index in [-0.39, 0.29) is 17.9 Å². The van der Waals surface area contributed by atoms with E-state index in [1.54, 1.807) is 0 Å². The highest BCUT2D eigenvalue weighted by Crippen LogP contribution is 2.25. The fourth-order valence-electron chi connectivity index (χ4n) is 2.99. The predicted molar refractivity (Wildman–Crippen MR) is 106 cm³/mol. The number of fused-ring (bicyclic) bond motifs is 1. The molecule has 5 heteroatoms. The molecule has 2 aromatic carbocycles. The summed E-state index contributed by atoms with van der Waals surface area (Å²) in [5, 5.41) is 3.86. The number of benzene rings is 2. The molecule has 0 spiro atoms. The molecule has 136 valence electrons. The van der Waals surface area contributed by atoms with E-state index in [2.05, 4.69) is 22.9 Å². The van der Waals surface area contributed by atoms with Crippen LogP contribution in [-0.2, 0) is 11.3 Å². The van der Waals surface area contributed by atoms with Crippen LogP contribution in [0.1, 0.15) is 44.6 Å². The van der Waals surface area contributed by atoms with Crippen molar-refractivity contribution in [3.63, 3.8) is 0 Å². The fraction of sp³-hybridized carbons (Fsp3) is 0.333. The number of para-hydroxylation sites is 2. The molecule has 0 aliphatic carbocycles. The summed E-state index contributed by atoms with van der Waals surface area (Å²) < 4.78 is 2.19. The summed E-state index contributed by atoms with van der Waals surface area (Å²) in [7, 11) is 0. The Kier molecular flexibility index (Phi) is 5.62. The molecule has 26 heavy (non-hydrogen) atoms. The van der Waals surface area contributed by atoms with E-state index in [1.807, 2.05) is 56.3 Å². The molecule has 0 aliphatic heterocycles. The molecular weight excluding hydrogens is 346 g/mol. The molecule has 0 fully saturated rings. The van der Waals surface area contributed by atoms with E-state index in [0.29, 0.717) is 6.54 Å². The molecule has 1 unspecified atom stereocenters. The summed E-state index contributed by atoms with van der Waals surface area (Å²) in [6.07, 6.45) is 0.780. The summed E-state index contributed by atoms with van der Waals surface area (Å²) in [5.74, 6) is 0.873. The van der Waals surface area contributed by atoms with Crippen LogP contribution in [0.5, 0.6) is 0 Å². The maximum Gasteiger partial charge on any atom is 0.223 e. The molecule has 1 amide bonds. The number of nitrogens with one attached hydrogen (secondary N) is 1. The van der Waals surface area contributed by atoms with Crippen LogP contribution in [0.25, 0.3) is 11.0 Å². The van der Waals surface area contributed by atoms with Gasteiger partial charge in [0.1, 0.15) is 5.82 Å². The van der Waals surface area contributed by atoms with E-state index in [1.165, 1.54) is 0 Å². The molecule has 1 heterocycles. The highest BCUT2D eigenvalue weighted by atomic mass is 35.5. The van der Waals surface area contributed by atoms with Gasteiger partial charge in [0.25, 0.3) is 0 Å². The largest absolute Gasteiger partial charge is 0.346 e. The first-order valence-electron chi connectivity index (χ1n) is 8.99. The van der Waals surface area contributed by atoms with Crippen LogP contribution in [-0.4, -0.2) is 15.5 Å². The van der Waals surface area contributed by atoms with Crippen molar-refractivity contribution < 1.29 is 4.79 Å². The zero-order valence-corrected chi connectivity index (χ0v) is 16.1. The minimum Gasteiger partial charge on any atom is -0.346 e. The predicted octanol–water partition coefficient (Wildman–Crippen LogP) is 4.96. The molecule has 1 atom stereocenters. The summed E-state index contributed by atoms with van der Waals surface area (Å²) in [5.41, 5.74) is 3.15. The lowest BCUT2D eigenvalue weighted by Crippen LogP contribution is -2.33. The third-order valence-corrected chi connectivity index (χ3v) is 4.75. The molecule has 0 aliphatic rings. The van der Waals surface area contributed by atoms with Crippen molar-refractivity contribution in [1.29, 1.82) is 0 Å². The van der Waals surface area contributed by atoms with Crippen molar-refractivity contribution in [3.8, 4) is 0 Å². The normalized spacial score (nSPS) is 12.5. The van der Waals surface area contributed by atoms with Gasteiger partial charge in [-0.2, -0.15) is 0 Å². The van der Waals surface area contributed by atoms with Crippen molar-refractivity contribution in [1.82, 2.24) is 14.9 Å². The molecule has 0 saturated carbocycles. The Morgan fingerprint density at radius 1 is 1.15 bits per heavy atom. The van der Waals surface area contributed by atoms with Gasteiger partial charge in [0.15, 0.2) is 0 Å². The number of imidazole rings is 1. The Hall–Kier alpha value is -2.33. The molecule has 0 bridgehead atoms.